The van der Waals surface area contributed by atoms with Gasteiger partial charge >= 0.3 is 0 Å². The Morgan fingerprint density at radius 3 is 1.54 bits per heavy atom. The van der Waals surface area contributed by atoms with Gasteiger partial charge < -0.3 is 5.32 Å². The van der Waals surface area contributed by atoms with Gasteiger partial charge in [-0.25, -0.2) is 0 Å². The van der Waals surface area contributed by atoms with Crippen molar-refractivity contribution in [2.45, 2.75) is 58.8 Å². The lowest BCUT2D eigenvalue weighted by molar-refractivity contribution is 0.596. The topological polar surface area (TPSA) is 12.0 Å². The molecule has 1 heteroatoms. The summed E-state index contributed by atoms with van der Waals surface area (Å²) in [5.74, 6) is 0.555. The lowest BCUT2D eigenvalue weighted by Gasteiger charge is -2.18. The summed E-state index contributed by atoms with van der Waals surface area (Å²) in [5, 5.41) is 3.11. The summed E-state index contributed by atoms with van der Waals surface area (Å²) < 4.78 is 0. The summed E-state index contributed by atoms with van der Waals surface area (Å²) in [7, 11) is 0. The predicted molar refractivity (Wildman–Crippen MR) is 108 cm³/mol. The summed E-state index contributed by atoms with van der Waals surface area (Å²) in [6, 6.07) is 21.8. The number of benzene rings is 2. The molecule has 2 rings (SSSR count). The molecule has 24 heavy (non-hydrogen) atoms. The number of unbranched alkanes of at least 4 members (excludes halogenated alkanes) is 3. The van der Waals surface area contributed by atoms with Crippen LogP contribution in [0.1, 0.15) is 69.9 Å². The van der Waals surface area contributed by atoms with Crippen LogP contribution in [0.25, 0.3) is 0 Å². The fraction of sp³-hybridized carbons (Fsp3) is 0.478. The molecular weight excluding hydrogens is 290 g/mol. The van der Waals surface area contributed by atoms with Gasteiger partial charge in [0.1, 0.15) is 0 Å². The van der Waals surface area contributed by atoms with Crippen LogP contribution in [0.4, 0.5) is 0 Å². The van der Waals surface area contributed by atoms with Crippen molar-refractivity contribution in [2.24, 2.45) is 0 Å². The first-order chi connectivity index (χ1) is 11.8. The Bertz CT molecular complexity index is 450. The molecule has 0 unspecified atom stereocenters. The minimum atomic E-state index is 0.555. The van der Waals surface area contributed by atoms with Crippen molar-refractivity contribution >= 4 is 0 Å². The molecule has 0 heterocycles. The van der Waals surface area contributed by atoms with E-state index in [1.807, 2.05) is 0 Å². The van der Waals surface area contributed by atoms with E-state index in [9.17, 15) is 0 Å². The molecule has 0 bridgehead atoms. The van der Waals surface area contributed by atoms with Crippen molar-refractivity contribution < 1.29 is 0 Å². The smallest absolute Gasteiger partial charge is 0.00893 e. The van der Waals surface area contributed by atoms with Gasteiger partial charge in [0.15, 0.2) is 0 Å². The van der Waals surface area contributed by atoms with Gasteiger partial charge in [0.05, 0.1) is 0 Å². The second-order valence-corrected chi connectivity index (χ2v) is 6.18. The Hall–Kier alpha value is -1.60. The Kier molecular flexibility index (Phi) is 11.8. The van der Waals surface area contributed by atoms with E-state index in [2.05, 4.69) is 86.8 Å². The summed E-state index contributed by atoms with van der Waals surface area (Å²) >= 11 is 0. The van der Waals surface area contributed by atoms with Crippen LogP contribution in [-0.4, -0.2) is 13.1 Å². The largest absolute Gasteiger partial charge is 0.317 e. The molecule has 0 amide bonds. The van der Waals surface area contributed by atoms with Gasteiger partial charge in [-0.15, -0.1) is 0 Å². The van der Waals surface area contributed by atoms with E-state index in [-0.39, 0.29) is 0 Å². The molecule has 0 radical (unpaired) electrons. The molecule has 0 fully saturated rings. The van der Waals surface area contributed by atoms with Gasteiger partial charge in [0, 0.05) is 5.92 Å². The molecule has 2 aromatic carbocycles. The minimum Gasteiger partial charge on any atom is -0.317 e. The predicted octanol–water partition coefficient (Wildman–Crippen LogP) is 6.40. The Morgan fingerprint density at radius 2 is 1.17 bits per heavy atom. The summed E-state index contributed by atoms with van der Waals surface area (Å²) in [6.07, 6.45) is 6.60. The highest BCUT2D eigenvalue weighted by Crippen LogP contribution is 2.29. The van der Waals surface area contributed by atoms with Crippen LogP contribution in [0.2, 0.25) is 0 Å². The maximum absolute atomic E-state index is 3.11. The van der Waals surface area contributed by atoms with Crippen molar-refractivity contribution in [1.29, 1.82) is 0 Å². The first-order valence-electron chi connectivity index (χ1n) is 9.64. The lowest BCUT2D eigenvalue weighted by atomic mass is 9.87. The zero-order valence-corrected chi connectivity index (χ0v) is 15.8. The fourth-order valence-corrected chi connectivity index (χ4v) is 2.92. The summed E-state index contributed by atoms with van der Waals surface area (Å²) in [6.45, 7) is 8.66. The molecule has 0 saturated heterocycles. The fourth-order valence-electron chi connectivity index (χ4n) is 2.92. The molecule has 0 atom stereocenters. The van der Waals surface area contributed by atoms with E-state index in [4.69, 9.17) is 0 Å². The number of rotatable bonds is 9. The summed E-state index contributed by atoms with van der Waals surface area (Å²) in [5.41, 5.74) is 2.90. The number of hydrogen-bond donors (Lipinski definition) is 1. The lowest BCUT2D eigenvalue weighted by Crippen LogP contribution is -2.09. The molecule has 2 aromatic rings. The van der Waals surface area contributed by atoms with E-state index in [1.165, 1.54) is 43.2 Å². The SMILES string of the molecule is CCCCCCC(c1ccccc1)c1ccccc1.CCNCC. The van der Waals surface area contributed by atoms with E-state index in [0.29, 0.717) is 5.92 Å². The van der Waals surface area contributed by atoms with Gasteiger partial charge in [-0.3, -0.25) is 0 Å². The van der Waals surface area contributed by atoms with Gasteiger partial charge in [0.2, 0.25) is 0 Å². The first-order valence-corrected chi connectivity index (χ1v) is 9.64. The standard InChI is InChI=1S/C19H24.C4H11N/c1-2-3-4-11-16-19(17-12-7-5-8-13-17)18-14-9-6-10-15-18;1-3-5-4-2/h5-10,12-15,19H,2-4,11,16H2,1H3;5H,3-4H2,1-2H3. The van der Waals surface area contributed by atoms with Crippen LogP contribution in [0.15, 0.2) is 60.7 Å². The molecule has 1 nitrogen and oxygen atoms in total. The van der Waals surface area contributed by atoms with Gasteiger partial charge in [-0.1, -0.05) is 107 Å². The van der Waals surface area contributed by atoms with Crippen molar-refractivity contribution in [2.75, 3.05) is 13.1 Å². The minimum absolute atomic E-state index is 0.555. The van der Waals surface area contributed by atoms with Crippen LogP contribution >= 0.6 is 0 Å². The van der Waals surface area contributed by atoms with Gasteiger partial charge in [-0.05, 0) is 30.6 Å². The van der Waals surface area contributed by atoms with E-state index >= 15 is 0 Å². The van der Waals surface area contributed by atoms with Crippen LogP contribution < -0.4 is 5.32 Å². The van der Waals surface area contributed by atoms with E-state index in [0.717, 1.165) is 13.1 Å². The third-order valence-corrected chi connectivity index (χ3v) is 4.25. The van der Waals surface area contributed by atoms with E-state index < -0.39 is 0 Å². The molecule has 0 aliphatic heterocycles. The quantitative estimate of drug-likeness (QED) is 0.526. The van der Waals surface area contributed by atoms with Gasteiger partial charge in [0.25, 0.3) is 0 Å². The van der Waals surface area contributed by atoms with Crippen LogP contribution in [0, 0.1) is 0 Å². The Morgan fingerprint density at radius 1 is 0.667 bits per heavy atom. The molecule has 0 saturated carbocycles. The Balaban J connectivity index is 0.000000505. The zero-order chi connectivity index (χ0) is 17.5. The number of hydrogen-bond acceptors (Lipinski definition) is 1. The van der Waals surface area contributed by atoms with Crippen molar-refractivity contribution in [3.63, 3.8) is 0 Å². The van der Waals surface area contributed by atoms with Crippen LogP contribution in [0.3, 0.4) is 0 Å². The van der Waals surface area contributed by atoms with Crippen molar-refractivity contribution in [3.8, 4) is 0 Å². The number of nitrogens with one attached hydrogen (secondary N) is 1. The monoisotopic (exact) mass is 325 g/mol. The summed E-state index contributed by atoms with van der Waals surface area (Å²) in [4.78, 5) is 0. The molecule has 0 aromatic heterocycles. The highest BCUT2D eigenvalue weighted by atomic mass is 14.8. The third kappa shape index (κ3) is 8.31. The zero-order valence-electron chi connectivity index (χ0n) is 15.8. The van der Waals surface area contributed by atoms with Crippen molar-refractivity contribution in [3.05, 3.63) is 71.8 Å². The molecule has 0 spiro atoms. The van der Waals surface area contributed by atoms with Crippen LogP contribution in [0.5, 0.6) is 0 Å². The molecule has 132 valence electrons. The second-order valence-electron chi connectivity index (χ2n) is 6.18. The average Bonchev–Trinajstić information content (AvgIpc) is 2.64. The molecule has 0 aliphatic carbocycles. The highest BCUT2D eigenvalue weighted by molar-refractivity contribution is 5.32. The van der Waals surface area contributed by atoms with E-state index in [1.54, 1.807) is 0 Å². The third-order valence-electron chi connectivity index (χ3n) is 4.25. The van der Waals surface area contributed by atoms with Gasteiger partial charge in [-0.2, -0.15) is 0 Å². The average molecular weight is 326 g/mol. The highest BCUT2D eigenvalue weighted by Gasteiger charge is 2.12. The normalized spacial score (nSPS) is 10.3. The molecule has 0 aliphatic rings. The second kappa shape index (κ2) is 13.8. The maximum atomic E-state index is 3.11. The maximum Gasteiger partial charge on any atom is 0.00893 e. The van der Waals surface area contributed by atoms with Crippen LogP contribution in [-0.2, 0) is 0 Å². The van der Waals surface area contributed by atoms with Crippen molar-refractivity contribution in [1.82, 2.24) is 5.32 Å². The first kappa shape index (κ1) is 20.4. The molecular formula is C23H35N. The Labute approximate surface area is 149 Å². The molecule has 1 N–H and O–H groups in total.